The highest BCUT2D eigenvalue weighted by Gasteiger charge is 2.50. The highest BCUT2D eigenvalue weighted by molar-refractivity contribution is 7.67. The summed E-state index contributed by atoms with van der Waals surface area (Å²) in [6.45, 7) is 0. The van der Waals surface area contributed by atoms with E-state index in [2.05, 4.69) is 0 Å². The molecule has 2 fully saturated rings. The Morgan fingerprint density at radius 1 is 0.864 bits per heavy atom. The van der Waals surface area contributed by atoms with Gasteiger partial charge in [0.05, 0.1) is 6.42 Å². The molecule has 0 aliphatic heterocycles. The molecule has 2 rings (SSSR count). The lowest BCUT2D eigenvalue weighted by molar-refractivity contribution is -0.143. The second-order valence-electron chi connectivity index (χ2n) is 6.80. The summed E-state index contributed by atoms with van der Waals surface area (Å²) < 4.78 is 14.0. The third-order valence-electron chi connectivity index (χ3n) is 5.43. The zero-order valence-electron chi connectivity index (χ0n) is 13.1. The fourth-order valence-corrected chi connectivity index (χ4v) is 9.09. The molecule has 0 aromatic carbocycles. The quantitative estimate of drug-likeness (QED) is 0.720. The van der Waals surface area contributed by atoms with Crippen LogP contribution in [0, 0.1) is 0 Å². The van der Waals surface area contributed by atoms with Crippen molar-refractivity contribution in [1.82, 2.24) is 0 Å². The van der Waals surface area contributed by atoms with Crippen LogP contribution >= 0.6 is 7.14 Å². The molecule has 0 radical (unpaired) electrons. The molecule has 0 heterocycles. The van der Waals surface area contributed by atoms with E-state index in [0.29, 0.717) is 0 Å². The summed E-state index contributed by atoms with van der Waals surface area (Å²) in [5.74, 6) is -2.33. The topological polar surface area (TPSA) is 91.7 Å². The summed E-state index contributed by atoms with van der Waals surface area (Å²) in [5.41, 5.74) is -1.36. The van der Waals surface area contributed by atoms with E-state index in [1.165, 1.54) is 0 Å². The third-order valence-corrected chi connectivity index (χ3v) is 10.1. The summed E-state index contributed by atoms with van der Waals surface area (Å²) in [4.78, 5) is 22.9. The zero-order chi connectivity index (χ0) is 16.2. The van der Waals surface area contributed by atoms with Gasteiger partial charge in [0.25, 0.3) is 0 Å². The first-order valence-corrected chi connectivity index (χ1v) is 10.4. The molecule has 2 aliphatic carbocycles. The molecule has 1 atom stereocenters. The standard InChI is InChI=1S/C16H27O5P/c17-15(18)11-14(16(19)20)22(21,12-7-3-1-4-8-12)13-9-5-2-6-10-13/h12-14H,1-11H2,(H,17,18)(H,19,20). The number of carboxylic acid groups (broad SMARTS) is 2. The Labute approximate surface area is 131 Å². The molecule has 5 nitrogen and oxygen atoms in total. The van der Waals surface area contributed by atoms with Crippen molar-refractivity contribution in [3.63, 3.8) is 0 Å². The summed E-state index contributed by atoms with van der Waals surface area (Å²) in [6.07, 6.45) is 8.88. The Kier molecular flexibility index (Phi) is 6.08. The van der Waals surface area contributed by atoms with Crippen LogP contribution in [-0.2, 0) is 14.2 Å². The van der Waals surface area contributed by atoms with E-state index < -0.39 is 31.2 Å². The fourth-order valence-electron chi connectivity index (χ4n) is 4.34. The van der Waals surface area contributed by atoms with Gasteiger partial charge in [-0.05, 0) is 25.7 Å². The summed E-state index contributed by atoms with van der Waals surface area (Å²) in [5, 5.41) is 18.7. The summed E-state index contributed by atoms with van der Waals surface area (Å²) in [6, 6.07) is 0. The Hall–Kier alpha value is -0.830. The molecule has 0 spiro atoms. The van der Waals surface area contributed by atoms with E-state index in [1.54, 1.807) is 0 Å². The molecule has 2 saturated carbocycles. The van der Waals surface area contributed by atoms with Gasteiger partial charge >= 0.3 is 11.9 Å². The maximum absolute atomic E-state index is 14.0. The van der Waals surface area contributed by atoms with Crippen LogP contribution in [0.15, 0.2) is 0 Å². The van der Waals surface area contributed by atoms with Crippen molar-refractivity contribution < 1.29 is 24.4 Å². The molecular formula is C16H27O5P. The Morgan fingerprint density at radius 2 is 1.27 bits per heavy atom. The highest BCUT2D eigenvalue weighted by atomic mass is 31.2. The van der Waals surface area contributed by atoms with Crippen LogP contribution in [0.1, 0.15) is 70.6 Å². The predicted octanol–water partition coefficient (Wildman–Crippen LogP) is 3.94. The lowest BCUT2D eigenvalue weighted by Gasteiger charge is -2.40. The van der Waals surface area contributed by atoms with Gasteiger partial charge in [-0.1, -0.05) is 38.5 Å². The molecule has 0 saturated heterocycles. The van der Waals surface area contributed by atoms with Crippen molar-refractivity contribution in [2.75, 3.05) is 0 Å². The maximum atomic E-state index is 14.0. The highest BCUT2D eigenvalue weighted by Crippen LogP contribution is 2.66. The molecule has 1 unspecified atom stereocenters. The number of rotatable bonds is 6. The van der Waals surface area contributed by atoms with Crippen LogP contribution in [0.3, 0.4) is 0 Å². The van der Waals surface area contributed by atoms with E-state index in [0.717, 1.165) is 64.2 Å². The van der Waals surface area contributed by atoms with Crippen LogP contribution in [-0.4, -0.2) is 39.1 Å². The first-order chi connectivity index (χ1) is 10.5. The van der Waals surface area contributed by atoms with Crippen molar-refractivity contribution in [2.45, 2.75) is 87.6 Å². The van der Waals surface area contributed by atoms with E-state index in [-0.39, 0.29) is 11.3 Å². The summed E-state index contributed by atoms with van der Waals surface area (Å²) >= 11 is 0. The third kappa shape index (κ3) is 3.73. The molecule has 22 heavy (non-hydrogen) atoms. The monoisotopic (exact) mass is 330 g/mol. The van der Waals surface area contributed by atoms with Crippen molar-refractivity contribution in [3.8, 4) is 0 Å². The molecule has 2 aliphatic rings. The first-order valence-electron chi connectivity index (χ1n) is 8.50. The lowest BCUT2D eigenvalue weighted by atomic mass is 9.99. The zero-order valence-corrected chi connectivity index (χ0v) is 14.0. The minimum Gasteiger partial charge on any atom is -0.481 e. The molecule has 6 heteroatoms. The Balaban J connectivity index is 2.34. The largest absolute Gasteiger partial charge is 0.481 e. The number of aliphatic carboxylic acids is 2. The van der Waals surface area contributed by atoms with Crippen LogP contribution in [0.2, 0.25) is 0 Å². The molecule has 0 aromatic rings. The van der Waals surface area contributed by atoms with Gasteiger partial charge in [0, 0.05) is 11.3 Å². The van der Waals surface area contributed by atoms with Gasteiger partial charge in [-0.3, -0.25) is 9.59 Å². The van der Waals surface area contributed by atoms with Gasteiger partial charge < -0.3 is 14.8 Å². The lowest BCUT2D eigenvalue weighted by Crippen LogP contribution is -2.35. The molecule has 126 valence electrons. The van der Waals surface area contributed by atoms with E-state index in [9.17, 15) is 19.3 Å². The van der Waals surface area contributed by atoms with E-state index >= 15 is 0 Å². The SMILES string of the molecule is O=C(O)CC(C(=O)O)P(=O)(C1CCCCC1)C1CCCCC1. The van der Waals surface area contributed by atoms with Crippen molar-refractivity contribution in [3.05, 3.63) is 0 Å². The average Bonchev–Trinajstić information content (AvgIpc) is 2.53. The predicted molar refractivity (Wildman–Crippen MR) is 85.0 cm³/mol. The minimum absolute atomic E-state index is 0.0789. The van der Waals surface area contributed by atoms with Crippen molar-refractivity contribution in [1.29, 1.82) is 0 Å². The molecule has 0 bridgehead atoms. The van der Waals surface area contributed by atoms with Gasteiger partial charge in [-0.25, -0.2) is 0 Å². The van der Waals surface area contributed by atoms with Crippen LogP contribution in [0.4, 0.5) is 0 Å². The fraction of sp³-hybridized carbons (Fsp3) is 0.875. The van der Waals surface area contributed by atoms with E-state index in [4.69, 9.17) is 5.11 Å². The van der Waals surface area contributed by atoms with Crippen molar-refractivity contribution >= 4 is 19.1 Å². The average molecular weight is 330 g/mol. The number of hydrogen-bond acceptors (Lipinski definition) is 3. The number of hydrogen-bond donors (Lipinski definition) is 2. The number of carboxylic acids is 2. The van der Waals surface area contributed by atoms with Crippen LogP contribution in [0.25, 0.3) is 0 Å². The molecule has 2 N–H and O–H groups in total. The van der Waals surface area contributed by atoms with Gasteiger partial charge in [-0.2, -0.15) is 0 Å². The Morgan fingerprint density at radius 3 is 1.59 bits per heavy atom. The minimum atomic E-state index is -3.07. The molecule has 0 aromatic heterocycles. The van der Waals surface area contributed by atoms with Gasteiger partial charge in [0.1, 0.15) is 12.8 Å². The maximum Gasteiger partial charge on any atom is 0.314 e. The summed E-state index contributed by atoms with van der Waals surface area (Å²) in [7, 11) is -3.07. The van der Waals surface area contributed by atoms with Gasteiger partial charge in [0.15, 0.2) is 0 Å². The second kappa shape index (κ2) is 7.63. The van der Waals surface area contributed by atoms with Gasteiger partial charge in [-0.15, -0.1) is 0 Å². The smallest absolute Gasteiger partial charge is 0.314 e. The van der Waals surface area contributed by atoms with Crippen LogP contribution in [0.5, 0.6) is 0 Å². The molecule has 0 amide bonds. The second-order valence-corrected chi connectivity index (χ2v) is 10.4. The molecular weight excluding hydrogens is 303 g/mol. The van der Waals surface area contributed by atoms with E-state index in [1.807, 2.05) is 0 Å². The Bertz CT molecular complexity index is 427. The number of carbonyl (C=O) groups is 2. The van der Waals surface area contributed by atoms with Crippen molar-refractivity contribution in [2.24, 2.45) is 0 Å². The van der Waals surface area contributed by atoms with Crippen LogP contribution < -0.4 is 0 Å². The normalized spacial score (nSPS) is 23.1. The van der Waals surface area contributed by atoms with Gasteiger partial charge in [0.2, 0.25) is 0 Å². The first kappa shape index (κ1) is 17.5.